The second-order valence-corrected chi connectivity index (χ2v) is 3.21. The zero-order valence-electron chi connectivity index (χ0n) is 9.03. The summed E-state index contributed by atoms with van der Waals surface area (Å²) in [5, 5.41) is 0. The van der Waals surface area contributed by atoms with Crippen LogP contribution in [0.4, 0.5) is 0 Å². The molecule has 0 nitrogen and oxygen atoms in total. The molecule has 0 aromatic rings. The first kappa shape index (κ1) is 12.7. The van der Waals surface area contributed by atoms with Crippen molar-refractivity contribution in [2.45, 2.75) is 51.9 Å². The van der Waals surface area contributed by atoms with E-state index in [1.165, 1.54) is 38.5 Å². The van der Waals surface area contributed by atoms with Crippen LogP contribution in [0.2, 0.25) is 0 Å². The van der Waals surface area contributed by atoms with Gasteiger partial charge in [0.2, 0.25) is 0 Å². The largest absolute Gasteiger partial charge is 0.106 e. The molecule has 0 rings (SSSR count). The number of rotatable bonds is 6. The van der Waals surface area contributed by atoms with Crippen LogP contribution < -0.4 is 0 Å². The standard InChI is InChI=1S/C14H18/c1-3-5-7-9-11-13-14-12-10-8-6-4-2/h1H,4,6,8,10,12-14H2,2H3. The van der Waals surface area contributed by atoms with E-state index in [0.29, 0.717) is 0 Å². The molecule has 0 heterocycles. The highest BCUT2D eigenvalue weighted by Gasteiger charge is 1.87. The van der Waals surface area contributed by atoms with Gasteiger partial charge in [0.15, 0.2) is 0 Å². The average molecular weight is 186 g/mol. The van der Waals surface area contributed by atoms with E-state index < -0.39 is 0 Å². The van der Waals surface area contributed by atoms with Gasteiger partial charge in [-0.3, -0.25) is 0 Å². The van der Waals surface area contributed by atoms with Crippen LogP contribution in [0.15, 0.2) is 0 Å². The molecule has 0 bridgehead atoms. The molecule has 0 fully saturated rings. The quantitative estimate of drug-likeness (QED) is 0.440. The summed E-state index contributed by atoms with van der Waals surface area (Å²) in [6.45, 7) is 2.23. The molecule has 0 aliphatic rings. The zero-order valence-corrected chi connectivity index (χ0v) is 9.03. The van der Waals surface area contributed by atoms with Crippen LogP contribution in [-0.2, 0) is 0 Å². The first-order valence-corrected chi connectivity index (χ1v) is 5.35. The zero-order chi connectivity index (χ0) is 10.5. The molecule has 0 heteroatoms. The molecule has 0 aliphatic heterocycles. The summed E-state index contributed by atoms with van der Waals surface area (Å²) in [6, 6.07) is 0. The van der Waals surface area contributed by atoms with E-state index in [2.05, 4.69) is 36.5 Å². The third kappa shape index (κ3) is 10.7. The highest BCUT2D eigenvalue weighted by Crippen LogP contribution is 2.05. The Bertz CT molecular complexity index is 269. The van der Waals surface area contributed by atoms with Gasteiger partial charge in [-0.2, -0.15) is 0 Å². The van der Waals surface area contributed by atoms with Crippen LogP contribution in [0.3, 0.4) is 0 Å². The molecule has 0 atom stereocenters. The molecular weight excluding hydrogens is 168 g/mol. The van der Waals surface area contributed by atoms with Crippen molar-refractivity contribution >= 4 is 0 Å². The highest BCUT2D eigenvalue weighted by atomic mass is 13.9. The Labute approximate surface area is 88.5 Å². The minimum atomic E-state index is 0.950. The molecule has 0 amide bonds. The Morgan fingerprint density at radius 1 is 0.857 bits per heavy atom. The Balaban J connectivity index is 3.20. The summed E-state index contributed by atoms with van der Waals surface area (Å²) in [5.41, 5.74) is 0. The third-order valence-electron chi connectivity index (χ3n) is 1.94. The number of unbranched alkanes of at least 4 members (excludes halogenated alkanes) is 6. The maximum atomic E-state index is 4.95. The molecule has 0 N–H and O–H groups in total. The van der Waals surface area contributed by atoms with Crippen LogP contribution >= 0.6 is 0 Å². The van der Waals surface area contributed by atoms with Gasteiger partial charge in [0, 0.05) is 6.42 Å². The smallest absolute Gasteiger partial charge is 0.00989 e. The van der Waals surface area contributed by atoms with E-state index in [1.807, 2.05) is 0 Å². The maximum absolute atomic E-state index is 4.95. The van der Waals surface area contributed by atoms with Crippen LogP contribution in [0.25, 0.3) is 0 Å². The van der Waals surface area contributed by atoms with Crippen LogP contribution in [0, 0.1) is 36.0 Å². The van der Waals surface area contributed by atoms with Gasteiger partial charge in [-0.25, -0.2) is 0 Å². The minimum absolute atomic E-state index is 0.950. The minimum Gasteiger partial charge on any atom is -0.106 e. The fourth-order valence-electron chi connectivity index (χ4n) is 1.17. The van der Waals surface area contributed by atoms with Gasteiger partial charge >= 0.3 is 0 Å². The number of terminal acetylenes is 1. The van der Waals surface area contributed by atoms with Gasteiger partial charge in [0.25, 0.3) is 0 Å². The summed E-state index contributed by atoms with van der Waals surface area (Å²) in [7, 11) is 0. The van der Waals surface area contributed by atoms with Gasteiger partial charge in [0.05, 0.1) is 0 Å². The molecule has 0 saturated carbocycles. The topological polar surface area (TPSA) is 0 Å². The number of hydrogen-bond donors (Lipinski definition) is 0. The SMILES string of the molecule is C#CC#CC#CCCCCCCCC. The first-order chi connectivity index (χ1) is 6.91. The molecule has 0 aromatic heterocycles. The third-order valence-corrected chi connectivity index (χ3v) is 1.94. The Kier molecular flexibility index (Phi) is 10.6. The normalized spacial score (nSPS) is 7.71. The molecule has 0 radical (unpaired) electrons. The second kappa shape index (κ2) is 11.7. The fraction of sp³-hybridized carbons (Fsp3) is 0.571. The van der Waals surface area contributed by atoms with Crippen molar-refractivity contribution in [3.63, 3.8) is 0 Å². The molecule has 0 aromatic carbocycles. The van der Waals surface area contributed by atoms with Crippen molar-refractivity contribution in [3.05, 3.63) is 0 Å². The second-order valence-electron chi connectivity index (χ2n) is 3.21. The number of hydrogen-bond acceptors (Lipinski definition) is 0. The Morgan fingerprint density at radius 3 is 2.29 bits per heavy atom. The van der Waals surface area contributed by atoms with Crippen molar-refractivity contribution in [2.24, 2.45) is 0 Å². The average Bonchev–Trinajstić information content (AvgIpc) is 2.21. The van der Waals surface area contributed by atoms with E-state index >= 15 is 0 Å². The van der Waals surface area contributed by atoms with Crippen molar-refractivity contribution in [1.29, 1.82) is 0 Å². The van der Waals surface area contributed by atoms with E-state index in [9.17, 15) is 0 Å². The molecule has 0 spiro atoms. The van der Waals surface area contributed by atoms with E-state index in [0.717, 1.165) is 6.42 Å². The summed E-state index contributed by atoms with van der Waals surface area (Å²) in [4.78, 5) is 0. The maximum Gasteiger partial charge on any atom is 0.00989 e. The van der Waals surface area contributed by atoms with E-state index in [1.54, 1.807) is 0 Å². The lowest BCUT2D eigenvalue weighted by atomic mass is 10.1. The lowest BCUT2D eigenvalue weighted by Gasteiger charge is -1.96. The summed E-state index contributed by atoms with van der Waals surface area (Å²) < 4.78 is 0. The lowest BCUT2D eigenvalue weighted by molar-refractivity contribution is 0.614. The molecule has 0 aliphatic carbocycles. The van der Waals surface area contributed by atoms with Gasteiger partial charge in [-0.15, -0.1) is 6.42 Å². The van der Waals surface area contributed by atoms with Crippen molar-refractivity contribution in [2.75, 3.05) is 0 Å². The predicted molar refractivity (Wildman–Crippen MR) is 62.4 cm³/mol. The van der Waals surface area contributed by atoms with Crippen molar-refractivity contribution < 1.29 is 0 Å². The highest BCUT2D eigenvalue weighted by molar-refractivity contribution is 5.33. The monoisotopic (exact) mass is 186 g/mol. The Hall–Kier alpha value is -1.32. The first-order valence-electron chi connectivity index (χ1n) is 5.35. The van der Waals surface area contributed by atoms with Gasteiger partial charge in [-0.1, -0.05) is 44.9 Å². The summed E-state index contributed by atoms with van der Waals surface area (Å²) >= 11 is 0. The molecule has 0 unspecified atom stereocenters. The van der Waals surface area contributed by atoms with E-state index in [4.69, 9.17) is 6.42 Å². The summed E-state index contributed by atoms with van der Waals surface area (Å²) in [6.07, 6.45) is 13.7. The lowest BCUT2D eigenvalue weighted by Crippen LogP contribution is -1.77. The molecule has 0 saturated heterocycles. The van der Waals surface area contributed by atoms with Crippen molar-refractivity contribution in [3.8, 4) is 36.0 Å². The van der Waals surface area contributed by atoms with Gasteiger partial charge in [-0.05, 0) is 30.1 Å². The van der Waals surface area contributed by atoms with Gasteiger partial charge < -0.3 is 0 Å². The fourth-order valence-corrected chi connectivity index (χ4v) is 1.17. The Morgan fingerprint density at radius 2 is 1.57 bits per heavy atom. The van der Waals surface area contributed by atoms with Crippen molar-refractivity contribution in [1.82, 2.24) is 0 Å². The molecule has 14 heavy (non-hydrogen) atoms. The van der Waals surface area contributed by atoms with Crippen LogP contribution in [-0.4, -0.2) is 0 Å². The molecular formula is C14H18. The molecule has 74 valence electrons. The van der Waals surface area contributed by atoms with Crippen LogP contribution in [0.5, 0.6) is 0 Å². The summed E-state index contributed by atoms with van der Waals surface area (Å²) in [5.74, 6) is 13.0. The van der Waals surface area contributed by atoms with Gasteiger partial charge in [0.1, 0.15) is 0 Å². The predicted octanol–water partition coefficient (Wildman–Crippen LogP) is 3.38. The van der Waals surface area contributed by atoms with Crippen LogP contribution in [0.1, 0.15) is 51.9 Å². The van der Waals surface area contributed by atoms with E-state index in [-0.39, 0.29) is 0 Å².